The summed E-state index contributed by atoms with van der Waals surface area (Å²) in [7, 11) is 0. The third-order valence-corrected chi connectivity index (χ3v) is 1.86. The fourth-order valence-electron chi connectivity index (χ4n) is 1.03. The van der Waals surface area contributed by atoms with Crippen molar-refractivity contribution in [3.8, 4) is 0 Å². The zero-order valence-corrected chi connectivity index (χ0v) is 7.83. The average molecular weight is 172 g/mol. The topological polar surface area (TPSA) is 46.5 Å². The molecule has 0 heterocycles. The van der Waals surface area contributed by atoms with Gasteiger partial charge in [0.1, 0.15) is 0 Å². The van der Waals surface area contributed by atoms with Gasteiger partial charge >= 0.3 is 5.97 Å². The Bertz CT molecular complexity index is 177. The Morgan fingerprint density at radius 1 is 1.50 bits per heavy atom. The lowest BCUT2D eigenvalue weighted by molar-refractivity contribution is -0.159. The molecule has 12 heavy (non-hydrogen) atoms. The second-order valence-electron chi connectivity index (χ2n) is 4.42. The van der Waals surface area contributed by atoms with Crippen LogP contribution in [-0.4, -0.2) is 23.3 Å². The van der Waals surface area contributed by atoms with E-state index in [4.69, 9.17) is 9.84 Å². The van der Waals surface area contributed by atoms with Crippen LogP contribution in [0.25, 0.3) is 0 Å². The van der Waals surface area contributed by atoms with Gasteiger partial charge in [0.2, 0.25) is 0 Å². The number of carboxylic acid groups (broad SMARTS) is 1. The van der Waals surface area contributed by atoms with Crippen molar-refractivity contribution in [2.24, 2.45) is 5.41 Å². The predicted octanol–water partition coefficient (Wildman–Crippen LogP) is 1.66. The van der Waals surface area contributed by atoms with Crippen molar-refractivity contribution in [2.75, 3.05) is 0 Å². The van der Waals surface area contributed by atoms with Crippen molar-refractivity contribution in [2.45, 2.75) is 45.8 Å². The molecular weight excluding hydrogens is 156 g/mol. The zero-order chi connectivity index (χ0) is 9.35. The summed E-state index contributed by atoms with van der Waals surface area (Å²) in [6, 6.07) is 0. The molecule has 0 amide bonds. The number of rotatable bonds is 3. The first-order valence-electron chi connectivity index (χ1n) is 4.29. The van der Waals surface area contributed by atoms with Crippen molar-refractivity contribution in [1.82, 2.24) is 0 Å². The Hall–Kier alpha value is -0.570. The lowest BCUT2D eigenvalue weighted by Gasteiger charge is -2.26. The van der Waals surface area contributed by atoms with E-state index in [9.17, 15) is 4.79 Å². The van der Waals surface area contributed by atoms with Gasteiger partial charge in [-0.3, -0.25) is 0 Å². The minimum absolute atomic E-state index is 0.199. The standard InChI is InChI=1S/C9H16O3/c1-9(2,3)7(8(10)11)12-6-4-5-6/h6-7H,4-5H2,1-3H3,(H,10,11)/t7-/m1/s1. The summed E-state index contributed by atoms with van der Waals surface area (Å²) in [5.74, 6) is -0.852. The summed E-state index contributed by atoms with van der Waals surface area (Å²) in [6.45, 7) is 5.65. The van der Waals surface area contributed by atoms with E-state index < -0.39 is 12.1 Å². The van der Waals surface area contributed by atoms with Gasteiger partial charge in [0.05, 0.1) is 6.10 Å². The maximum atomic E-state index is 10.8. The van der Waals surface area contributed by atoms with E-state index in [0.717, 1.165) is 12.8 Å². The normalized spacial score (nSPS) is 20.6. The first-order valence-corrected chi connectivity index (χ1v) is 4.29. The molecule has 0 unspecified atom stereocenters. The molecule has 0 radical (unpaired) electrons. The van der Waals surface area contributed by atoms with Crippen LogP contribution in [-0.2, 0) is 9.53 Å². The summed E-state index contributed by atoms with van der Waals surface area (Å²) in [5.41, 5.74) is -0.311. The lowest BCUT2D eigenvalue weighted by Crippen LogP contribution is -2.37. The van der Waals surface area contributed by atoms with E-state index in [-0.39, 0.29) is 11.5 Å². The van der Waals surface area contributed by atoms with Gasteiger partial charge in [-0.1, -0.05) is 20.8 Å². The summed E-state index contributed by atoms with van der Waals surface area (Å²) < 4.78 is 5.39. The van der Waals surface area contributed by atoms with Crippen molar-refractivity contribution in [3.05, 3.63) is 0 Å². The van der Waals surface area contributed by atoms with Gasteiger partial charge in [0, 0.05) is 0 Å². The molecule has 1 N–H and O–H groups in total. The van der Waals surface area contributed by atoms with E-state index in [1.165, 1.54) is 0 Å². The molecule has 3 heteroatoms. The smallest absolute Gasteiger partial charge is 0.333 e. The minimum atomic E-state index is -0.852. The highest BCUT2D eigenvalue weighted by Crippen LogP contribution is 2.31. The van der Waals surface area contributed by atoms with Gasteiger partial charge in [-0.25, -0.2) is 4.79 Å². The number of carboxylic acids is 1. The molecule has 0 saturated heterocycles. The van der Waals surface area contributed by atoms with Gasteiger partial charge in [0.15, 0.2) is 6.10 Å². The van der Waals surface area contributed by atoms with Crippen LogP contribution >= 0.6 is 0 Å². The summed E-state index contributed by atoms with van der Waals surface area (Å²) in [6.07, 6.45) is 1.56. The fraction of sp³-hybridized carbons (Fsp3) is 0.889. The van der Waals surface area contributed by atoms with E-state index in [0.29, 0.717) is 0 Å². The zero-order valence-electron chi connectivity index (χ0n) is 7.83. The molecule has 1 saturated carbocycles. The summed E-state index contributed by atoms with van der Waals surface area (Å²) in [4.78, 5) is 10.8. The molecule has 0 aromatic carbocycles. The SMILES string of the molecule is CC(C)(C)[C@H](OC1CC1)C(=O)O. The van der Waals surface area contributed by atoms with Gasteiger partial charge in [-0.15, -0.1) is 0 Å². The molecular formula is C9H16O3. The second-order valence-corrected chi connectivity index (χ2v) is 4.42. The molecule has 1 atom stereocenters. The third kappa shape index (κ3) is 2.48. The third-order valence-electron chi connectivity index (χ3n) is 1.86. The number of hydrogen-bond acceptors (Lipinski definition) is 2. The van der Waals surface area contributed by atoms with E-state index in [2.05, 4.69) is 0 Å². The lowest BCUT2D eigenvalue weighted by atomic mass is 9.89. The predicted molar refractivity (Wildman–Crippen MR) is 45.0 cm³/mol. The van der Waals surface area contributed by atoms with Crippen molar-refractivity contribution in [3.63, 3.8) is 0 Å². The first kappa shape index (κ1) is 9.52. The molecule has 0 aromatic rings. The van der Waals surface area contributed by atoms with Crippen LogP contribution in [0.5, 0.6) is 0 Å². The molecule has 0 aromatic heterocycles. The summed E-state index contributed by atoms with van der Waals surface area (Å²) in [5, 5.41) is 8.86. The highest BCUT2D eigenvalue weighted by atomic mass is 16.5. The molecule has 0 aliphatic heterocycles. The Balaban J connectivity index is 2.53. The van der Waals surface area contributed by atoms with Crippen LogP contribution in [0.3, 0.4) is 0 Å². The monoisotopic (exact) mass is 172 g/mol. The molecule has 70 valence electrons. The average Bonchev–Trinajstić information content (AvgIpc) is 2.61. The first-order chi connectivity index (χ1) is 5.41. The van der Waals surface area contributed by atoms with Gasteiger partial charge < -0.3 is 9.84 Å². The van der Waals surface area contributed by atoms with E-state index >= 15 is 0 Å². The molecule has 1 aliphatic rings. The molecule has 0 bridgehead atoms. The number of ether oxygens (including phenoxy) is 1. The van der Waals surface area contributed by atoms with Crippen LogP contribution < -0.4 is 0 Å². The molecule has 1 rings (SSSR count). The van der Waals surface area contributed by atoms with Crippen molar-refractivity contribution in [1.29, 1.82) is 0 Å². The fourth-order valence-corrected chi connectivity index (χ4v) is 1.03. The Morgan fingerprint density at radius 3 is 2.25 bits per heavy atom. The van der Waals surface area contributed by atoms with Gasteiger partial charge in [-0.2, -0.15) is 0 Å². The summed E-state index contributed by atoms with van der Waals surface area (Å²) >= 11 is 0. The van der Waals surface area contributed by atoms with Crippen LogP contribution in [0.4, 0.5) is 0 Å². The number of aliphatic carboxylic acids is 1. The van der Waals surface area contributed by atoms with Gasteiger partial charge in [0.25, 0.3) is 0 Å². The van der Waals surface area contributed by atoms with Crippen LogP contribution in [0.2, 0.25) is 0 Å². The van der Waals surface area contributed by atoms with Gasteiger partial charge in [-0.05, 0) is 18.3 Å². The Labute approximate surface area is 72.7 Å². The Morgan fingerprint density at radius 2 is 2.00 bits per heavy atom. The Kier molecular flexibility index (Phi) is 2.42. The molecule has 1 aliphatic carbocycles. The largest absolute Gasteiger partial charge is 0.479 e. The minimum Gasteiger partial charge on any atom is -0.479 e. The molecule has 3 nitrogen and oxygen atoms in total. The maximum Gasteiger partial charge on any atom is 0.333 e. The quantitative estimate of drug-likeness (QED) is 0.704. The van der Waals surface area contributed by atoms with Crippen LogP contribution in [0, 0.1) is 5.41 Å². The van der Waals surface area contributed by atoms with E-state index in [1.807, 2.05) is 20.8 Å². The highest BCUT2D eigenvalue weighted by molar-refractivity contribution is 5.73. The molecule has 1 fully saturated rings. The maximum absolute atomic E-state index is 10.8. The van der Waals surface area contributed by atoms with Crippen molar-refractivity contribution >= 4 is 5.97 Å². The van der Waals surface area contributed by atoms with Crippen LogP contribution in [0.15, 0.2) is 0 Å². The molecule has 0 spiro atoms. The number of carbonyl (C=O) groups is 1. The van der Waals surface area contributed by atoms with E-state index in [1.54, 1.807) is 0 Å². The highest BCUT2D eigenvalue weighted by Gasteiger charge is 2.37. The number of hydrogen-bond donors (Lipinski definition) is 1. The van der Waals surface area contributed by atoms with Crippen molar-refractivity contribution < 1.29 is 14.6 Å². The van der Waals surface area contributed by atoms with Crippen LogP contribution in [0.1, 0.15) is 33.6 Å². The second kappa shape index (κ2) is 3.05.